The molecule has 62 nitrogen and oxygen atoms in total. The standard InChI is InChI=1S/C8H24O62Si63/c1-111(9-71)50-127(45-107,46-108)66-133(64-125(40-102,41-103)42-104,70-132(61-122(31-93,32-94)33-95,62-123(34-96,35-97)36-98)63-124(37-99,38-100)39-101)69-129(67-130(55-116(13-75,14-76)15-77,56-117(16-78,17-79)18-80)57-118(19-81,20-82)21-83,68-131(58-119(22-84,23-85)24-86,59-120(25-87,26-88)27-89)60-121(28-90,29-91)30-92)52-113(5,6)48-110-49-126(43-105,44-106)65-128(47-109,54-115(10-72,11-73)12-74)53-114(7,8)51-112(2,3)4/h1-8H3. The highest BCUT2D eigenvalue weighted by Crippen LogP contribution is 2.45. The van der Waals surface area contributed by atoms with Crippen LogP contribution in [0.4, 0.5) is 0 Å². The van der Waals surface area contributed by atoms with Crippen molar-refractivity contribution in [3.8, 4) is 0 Å². The lowest BCUT2D eigenvalue weighted by Crippen LogP contribution is -2.82. The second-order valence-corrected chi connectivity index (χ2v) is 102. The van der Waals surface area contributed by atoms with Gasteiger partial charge < -0.3 is 255 Å². The summed E-state index contributed by atoms with van der Waals surface area (Å²) in [4.78, 5) is 0. The molecule has 0 heterocycles. The molecular formula is C8H24O62Si63. The molecule has 0 aliphatic heterocycles. The third-order valence-corrected chi connectivity index (χ3v) is 100. The van der Waals surface area contributed by atoms with Gasteiger partial charge in [0.25, 0.3) is 0 Å². The van der Waals surface area contributed by atoms with Crippen LogP contribution in [-0.2, 0) is 255 Å². The van der Waals surface area contributed by atoms with Gasteiger partial charge in [-0.05, 0) is 52.4 Å². The van der Waals surface area contributed by atoms with Gasteiger partial charge in [0, 0.05) is 0 Å². The average molecular weight is 2880 g/mol. The van der Waals surface area contributed by atoms with E-state index in [1.807, 2.05) is 0 Å². The number of rotatable bonds is 85. The highest BCUT2D eigenvalue weighted by atomic mass is 28.7. The first kappa shape index (κ1) is 144. The van der Waals surface area contributed by atoms with E-state index in [0.29, 0.717) is 0 Å². The molecule has 125 heteroatoms. The van der Waals surface area contributed by atoms with E-state index in [2.05, 4.69) is 409 Å². The largest absolute Gasteiger partial charge is 0.656 e. The molecule has 0 aromatic rings. The predicted molar refractivity (Wildman–Crippen MR) is 477 cm³/mol. The number of hydrogen-bond acceptors (Lipinski definition) is 62. The van der Waals surface area contributed by atoms with E-state index in [1.165, 1.54) is 19.6 Å². The normalized spacial score (nSPS) is 15.6. The van der Waals surface area contributed by atoms with Crippen molar-refractivity contribution in [1.82, 2.24) is 0 Å². The second kappa shape index (κ2) is 66.2. The van der Waals surface area contributed by atoms with E-state index < -0.39 is 217 Å². The Morgan fingerprint density at radius 3 is 0.436 bits per heavy atom. The van der Waals surface area contributed by atoms with Gasteiger partial charge in [-0.3, -0.25) is 0 Å². The Labute approximate surface area is 922 Å². The highest BCUT2D eigenvalue weighted by molar-refractivity contribution is 6.97. The zero-order valence-electron chi connectivity index (χ0n) is 64.8. The maximum Gasteiger partial charge on any atom is 0.656 e. The third kappa shape index (κ3) is 42.2. The highest BCUT2D eigenvalue weighted by Gasteiger charge is 2.85. The summed E-state index contributed by atoms with van der Waals surface area (Å²) in [5.41, 5.74) is 0. The fraction of sp³-hybridized carbons (Fsp3) is 1.00. The van der Waals surface area contributed by atoms with Gasteiger partial charge in [0.2, 0.25) is 409 Å². The van der Waals surface area contributed by atoms with Gasteiger partial charge in [-0.1, -0.05) is 0 Å². The Morgan fingerprint density at radius 2 is 0.278 bits per heavy atom. The molecule has 0 amide bonds. The van der Waals surface area contributed by atoms with E-state index in [1.54, 1.807) is 19.6 Å². The molecule has 120 radical (unpaired) electrons. The maximum atomic E-state index is 7.55. The smallest absolute Gasteiger partial charge is 0.437 e. The monoisotopic (exact) mass is 2870 g/mol. The molecule has 0 saturated carbocycles. The molecule has 0 aromatic carbocycles. The molecule has 0 aromatic heterocycles. The quantitative estimate of drug-likeness (QED) is 0.0510. The van der Waals surface area contributed by atoms with Crippen molar-refractivity contribution in [3.05, 3.63) is 0 Å². The van der Waals surface area contributed by atoms with E-state index in [9.17, 15) is 0 Å². The summed E-state index contributed by atoms with van der Waals surface area (Å²) in [5.74, 6) is 0. The summed E-state index contributed by atoms with van der Waals surface area (Å²) in [5, 5.41) is 0. The van der Waals surface area contributed by atoms with Gasteiger partial charge in [0.05, 0.1) is 0 Å². The molecule has 0 rings (SSSR count). The van der Waals surface area contributed by atoms with Crippen LogP contribution in [-0.4, -0.2) is 626 Å². The number of hydrogen-bond donors (Lipinski definition) is 0. The summed E-state index contributed by atoms with van der Waals surface area (Å²) >= 11 is 0. The van der Waals surface area contributed by atoms with Crippen LogP contribution in [0.5, 0.6) is 0 Å². The lowest BCUT2D eigenvalue weighted by molar-refractivity contribution is -0.0551. The summed E-state index contributed by atoms with van der Waals surface area (Å²) in [6.45, 7) is 11.5. The second-order valence-electron chi connectivity index (χ2n) is 21.3. The zero-order chi connectivity index (χ0) is 103. The molecule has 0 N–H and O–H groups in total. The minimum atomic E-state index is -8.37. The Bertz CT molecular complexity index is 2750. The van der Waals surface area contributed by atoms with Crippen LogP contribution >= 0.6 is 0 Å². The molecule has 2 atom stereocenters. The van der Waals surface area contributed by atoms with Crippen molar-refractivity contribution in [1.29, 1.82) is 0 Å². The predicted octanol–water partition coefficient (Wildman–Crippen LogP) is -23.6. The molecule has 0 saturated heterocycles. The van der Waals surface area contributed by atoms with Crippen molar-refractivity contribution < 1.29 is 255 Å². The molecule has 0 bridgehead atoms. The van der Waals surface area contributed by atoms with Crippen LogP contribution in [0.1, 0.15) is 0 Å². The van der Waals surface area contributed by atoms with E-state index >= 15 is 0 Å². The van der Waals surface area contributed by atoms with Crippen molar-refractivity contribution in [2.75, 3.05) is 0 Å². The first-order valence-electron chi connectivity index (χ1n) is 29.3. The summed E-state index contributed by atoms with van der Waals surface area (Å²) in [6.07, 6.45) is 0. The zero-order valence-corrected chi connectivity index (χ0v) is 128. The Hall–Kier alpha value is 11.2. The summed E-state index contributed by atoms with van der Waals surface area (Å²) < 4.78 is 374. The topological polar surface area (TPSA) is 572 Å². The lowest BCUT2D eigenvalue weighted by Gasteiger charge is -2.49. The van der Waals surface area contributed by atoms with Crippen LogP contribution in [0.25, 0.3) is 0 Å². The molecule has 0 fully saturated rings. The molecule has 0 spiro atoms. The minimum Gasteiger partial charge on any atom is -0.437 e. The molecule has 2 unspecified atom stereocenters. The van der Waals surface area contributed by atoms with Gasteiger partial charge in [0.1, 0.15) is 0 Å². The summed E-state index contributed by atoms with van der Waals surface area (Å²) in [6, 6.07) is 0. The molecule has 680 valence electrons. The summed E-state index contributed by atoms with van der Waals surface area (Å²) in [7, 11) is -27.0. The van der Waals surface area contributed by atoms with Crippen molar-refractivity contribution in [2.45, 2.75) is 52.4 Å². The van der Waals surface area contributed by atoms with E-state index in [4.69, 9.17) is 255 Å². The SMILES string of the molecule is C[Si](O[Si])O[Si](O[Si])(O[Si])O[Si](O[Si](O[Si])(O[Si])O[Si])(O[Si](O[Si](C)(C)O[Si]O[Si](O[Si])(O[Si])O[Si](O[Si])(O[Si](C)(C)O[Si](C)(C)C)O[Si](O[Si])(O[Si])O[Si])(O[Si](O[Si](O[Si])(O[Si])O[Si])(O[Si](O[Si])(O[Si])O[Si])O[Si](O[Si])(O[Si])O[Si])O[Si](O[Si](O[Si])(O[Si])O[Si])(O[Si](O[Si])(O[Si])O[Si])O[Si](O[Si])(O[Si])O[Si])O[Si](O[Si](O[Si])(O[Si])O[Si])(O[Si](O[Si])(O[Si])O[Si])O[Si](O[Si])(O[Si])O[Si]. The van der Waals surface area contributed by atoms with Gasteiger partial charge in [-0.15, -0.1) is 0 Å². The van der Waals surface area contributed by atoms with Gasteiger partial charge >= 0.3 is 208 Å². The van der Waals surface area contributed by atoms with Crippen LogP contribution in [0.2, 0.25) is 52.4 Å². The fourth-order valence-electron chi connectivity index (χ4n) is 6.73. The van der Waals surface area contributed by atoms with E-state index in [0.717, 1.165) is 13.1 Å². The van der Waals surface area contributed by atoms with Gasteiger partial charge in [-0.25, -0.2) is 0 Å². The molecule has 0 aliphatic rings. The Kier molecular flexibility index (Phi) is 71.7. The first-order chi connectivity index (χ1) is 62.1. The molecular weight excluding hydrogens is 2860 g/mol. The average Bonchev–Trinajstić information content (AvgIpc) is 0.725. The van der Waals surface area contributed by atoms with Crippen molar-refractivity contribution in [3.63, 3.8) is 0 Å². The van der Waals surface area contributed by atoms with Crippen molar-refractivity contribution >= 4 is 626 Å². The van der Waals surface area contributed by atoms with Crippen LogP contribution in [0, 0.1) is 0 Å². The van der Waals surface area contributed by atoms with Crippen molar-refractivity contribution in [2.24, 2.45) is 0 Å². The van der Waals surface area contributed by atoms with Crippen LogP contribution in [0.15, 0.2) is 0 Å². The van der Waals surface area contributed by atoms with Gasteiger partial charge in [-0.2, -0.15) is 0 Å². The Balaban J connectivity index is 13.7. The van der Waals surface area contributed by atoms with Crippen LogP contribution in [0.3, 0.4) is 0 Å². The lowest BCUT2D eigenvalue weighted by atomic mass is 11.8. The first-order valence-corrected chi connectivity index (χ1v) is 87.9. The molecule has 0 aliphatic carbocycles. The van der Waals surface area contributed by atoms with Crippen LogP contribution < -0.4 is 0 Å². The van der Waals surface area contributed by atoms with E-state index in [-0.39, 0.29) is 0 Å². The van der Waals surface area contributed by atoms with Gasteiger partial charge in [0.15, 0.2) is 8.32 Å². The Morgan fingerprint density at radius 1 is 0.143 bits per heavy atom. The minimum absolute atomic E-state index is 0.929. The fourth-order valence-corrected chi connectivity index (χ4v) is 105. The maximum absolute atomic E-state index is 8.37. The molecule has 133 heavy (non-hydrogen) atoms. The third-order valence-electron chi connectivity index (χ3n) is 11.2.